The Labute approximate surface area is 252 Å². The number of hydrogen-bond acceptors (Lipinski definition) is 7. The van der Waals surface area contributed by atoms with Crippen molar-refractivity contribution in [2.24, 2.45) is 0 Å². The van der Waals surface area contributed by atoms with Gasteiger partial charge in [-0.05, 0) is 69.6 Å². The van der Waals surface area contributed by atoms with Crippen molar-refractivity contribution in [1.82, 2.24) is 15.5 Å². The predicted octanol–water partition coefficient (Wildman–Crippen LogP) is 3.95. The number of rotatable bonds is 10. The fourth-order valence-corrected chi connectivity index (χ4v) is 6.81. The number of nitrogens with one attached hydrogen (secondary N) is 2. The van der Waals surface area contributed by atoms with Gasteiger partial charge in [-0.1, -0.05) is 54.6 Å². The average molecular weight is 598 g/mol. The van der Waals surface area contributed by atoms with E-state index in [0.29, 0.717) is 19.4 Å². The summed E-state index contributed by atoms with van der Waals surface area (Å²) in [7, 11) is 1.68. The number of aryl methyl sites for hydroxylation is 1. The van der Waals surface area contributed by atoms with Crippen LogP contribution in [-0.4, -0.2) is 76.0 Å². The molecule has 3 atom stereocenters. The largest absolute Gasteiger partial charge is 0.446 e. The maximum atomic E-state index is 13.8. The number of amides is 3. The topological polar surface area (TPSA) is 117 Å². The molecule has 42 heavy (non-hydrogen) atoms. The molecule has 2 aliphatic rings. The van der Waals surface area contributed by atoms with Gasteiger partial charge in [0.05, 0.1) is 18.0 Å². The number of carbonyl (C=O) groups excluding carboxylic acids is 3. The van der Waals surface area contributed by atoms with Gasteiger partial charge in [0.25, 0.3) is 5.91 Å². The third-order valence-electron chi connectivity index (χ3n) is 8.26. The monoisotopic (exact) mass is 597 g/mol. The van der Waals surface area contributed by atoms with Gasteiger partial charge < -0.3 is 30.1 Å². The standard InChI is InChI=1S/C32H43N3O6S/c1-21-10-8-9-13-23(21)19-33-29(37)28-32(2,3)42-20-35(28)30(38)27(36)26(18-22-11-6-5-7-12-22)34-31(39)41-25-16-14-24(40-4)15-17-25/h5-13,24-28,36H,14-20H2,1-4H3,(H,33,37)(H,34,39)/t24?,25?,26-,27-,28+/m0/s1. The van der Waals surface area contributed by atoms with Crippen LogP contribution in [0.15, 0.2) is 54.6 Å². The maximum Gasteiger partial charge on any atom is 0.407 e. The summed E-state index contributed by atoms with van der Waals surface area (Å²) in [4.78, 5) is 41.7. The molecule has 1 heterocycles. The fraction of sp³-hybridized carbons (Fsp3) is 0.531. The van der Waals surface area contributed by atoms with Crippen molar-refractivity contribution in [3.05, 3.63) is 71.3 Å². The summed E-state index contributed by atoms with van der Waals surface area (Å²) in [6, 6.07) is 15.4. The van der Waals surface area contributed by atoms with Gasteiger partial charge in [-0.15, -0.1) is 11.8 Å². The second-order valence-electron chi connectivity index (χ2n) is 11.7. The number of benzene rings is 2. The summed E-state index contributed by atoms with van der Waals surface area (Å²) >= 11 is 1.48. The second kappa shape index (κ2) is 14.4. The Hall–Kier alpha value is -3.08. The molecule has 10 heteroatoms. The first-order valence-corrected chi connectivity index (χ1v) is 15.6. The minimum Gasteiger partial charge on any atom is -0.446 e. The summed E-state index contributed by atoms with van der Waals surface area (Å²) in [5.41, 5.74) is 2.90. The molecule has 228 valence electrons. The number of aliphatic hydroxyl groups excluding tert-OH is 1. The Morgan fingerprint density at radius 1 is 1.02 bits per heavy atom. The van der Waals surface area contributed by atoms with E-state index in [0.717, 1.165) is 29.5 Å². The Morgan fingerprint density at radius 3 is 2.33 bits per heavy atom. The van der Waals surface area contributed by atoms with Gasteiger partial charge in [-0.25, -0.2) is 4.79 Å². The highest BCUT2D eigenvalue weighted by molar-refractivity contribution is 8.00. The molecule has 3 amide bonds. The Bertz CT molecular complexity index is 1220. The highest BCUT2D eigenvalue weighted by Crippen LogP contribution is 2.40. The first kappa shape index (κ1) is 31.8. The third-order valence-corrected chi connectivity index (χ3v) is 9.63. The van der Waals surface area contributed by atoms with Crippen LogP contribution >= 0.6 is 11.8 Å². The number of nitrogens with zero attached hydrogens (tertiary/aromatic N) is 1. The van der Waals surface area contributed by atoms with Crippen LogP contribution in [-0.2, 0) is 32.0 Å². The second-order valence-corrected chi connectivity index (χ2v) is 13.3. The number of aliphatic hydroxyl groups is 1. The summed E-state index contributed by atoms with van der Waals surface area (Å²) in [5, 5.41) is 17.2. The molecule has 2 fully saturated rings. The lowest BCUT2D eigenvalue weighted by Gasteiger charge is -2.33. The number of ether oxygens (including phenoxy) is 2. The summed E-state index contributed by atoms with van der Waals surface area (Å²) in [5.74, 6) is -0.644. The Morgan fingerprint density at radius 2 is 1.67 bits per heavy atom. The lowest BCUT2D eigenvalue weighted by atomic mass is 9.95. The minimum atomic E-state index is -1.58. The highest BCUT2D eigenvalue weighted by atomic mass is 32.2. The molecule has 0 aromatic heterocycles. The van der Waals surface area contributed by atoms with Crippen LogP contribution in [0.5, 0.6) is 0 Å². The molecule has 1 aliphatic carbocycles. The quantitative estimate of drug-likeness (QED) is 0.380. The SMILES string of the molecule is COC1CCC(OC(=O)N[C@@H](Cc2ccccc2)[C@H](O)C(=O)N2CSC(C)(C)[C@H]2C(=O)NCc2ccccc2C)CC1. The molecule has 1 saturated heterocycles. The molecular weight excluding hydrogens is 554 g/mol. The molecule has 0 radical (unpaired) electrons. The van der Waals surface area contributed by atoms with E-state index in [-0.39, 0.29) is 30.4 Å². The highest BCUT2D eigenvalue weighted by Gasteiger charge is 2.49. The van der Waals surface area contributed by atoms with E-state index in [1.165, 1.54) is 16.7 Å². The molecule has 4 rings (SSSR count). The zero-order valence-corrected chi connectivity index (χ0v) is 25.7. The Kier molecular flexibility index (Phi) is 10.9. The van der Waals surface area contributed by atoms with Crippen LogP contribution in [0.3, 0.4) is 0 Å². The van der Waals surface area contributed by atoms with Gasteiger partial charge >= 0.3 is 6.09 Å². The minimum absolute atomic E-state index is 0.169. The van der Waals surface area contributed by atoms with E-state index in [1.54, 1.807) is 7.11 Å². The van der Waals surface area contributed by atoms with Crippen LogP contribution in [0, 0.1) is 6.92 Å². The number of thioether (sulfide) groups is 1. The molecule has 0 spiro atoms. The smallest absolute Gasteiger partial charge is 0.407 e. The van der Waals surface area contributed by atoms with Gasteiger partial charge in [-0.3, -0.25) is 9.59 Å². The molecule has 0 bridgehead atoms. The van der Waals surface area contributed by atoms with Gasteiger partial charge in [0.1, 0.15) is 12.1 Å². The van der Waals surface area contributed by atoms with Crippen LogP contribution < -0.4 is 10.6 Å². The van der Waals surface area contributed by atoms with Crippen LogP contribution in [0.25, 0.3) is 0 Å². The van der Waals surface area contributed by atoms with Crippen LogP contribution in [0.2, 0.25) is 0 Å². The van der Waals surface area contributed by atoms with E-state index < -0.39 is 34.9 Å². The molecule has 2 aromatic rings. The van der Waals surface area contributed by atoms with Gasteiger partial charge in [0.15, 0.2) is 6.10 Å². The van der Waals surface area contributed by atoms with Gasteiger partial charge in [0, 0.05) is 18.4 Å². The number of methoxy groups -OCH3 is 1. The van der Waals surface area contributed by atoms with Crippen molar-refractivity contribution in [3.63, 3.8) is 0 Å². The van der Waals surface area contributed by atoms with Crippen molar-refractivity contribution in [2.45, 2.75) is 94.6 Å². The average Bonchev–Trinajstić information content (AvgIpc) is 3.31. The van der Waals surface area contributed by atoms with Gasteiger partial charge in [0.2, 0.25) is 5.91 Å². The molecule has 1 aliphatic heterocycles. The normalized spacial score (nSPS) is 23.1. The molecule has 9 nitrogen and oxygen atoms in total. The summed E-state index contributed by atoms with van der Waals surface area (Å²) < 4.78 is 10.5. The van der Waals surface area contributed by atoms with E-state index in [1.807, 2.05) is 75.4 Å². The summed E-state index contributed by atoms with van der Waals surface area (Å²) in [6.07, 6.45) is 0.870. The van der Waals surface area contributed by atoms with Crippen molar-refractivity contribution in [3.8, 4) is 0 Å². The van der Waals surface area contributed by atoms with Crippen molar-refractivity contribution in [2.75, 3.05) is 13.0 Å². The van der Waals surface area contributed by atoms with Crippen molar-refractivity contribution in [1.29, 1.82) is 0 Å². The number of hydrogen-bond donors (Lipinski definition) is 3. The first-order valence-electron chi connectivity index (χ1n) is 14.6. The fourth-order valence-electron chi connectivity index (χ4n) is 5.67. The number of alkyl carbamates (subject to hydrolysis) is 1. The zero-order chi connectivity index (χ0) is 30.3. The van der Waals surface area contributed by atoms with Crippen molar-refractivity contribution < 1.29 is 29.0 Å². The summed E-state index contributed by atoms with van der Waals surface area (Å²) in [6.45, 7) is 6.16. The maximum absolute atomic E-state index is 13.8. The Balaban J connectivity index is 1.46. The molecule has 1 saturated carbocycles. The van der Waals surface area contributed by atoms with Crippen molar-refractivity contribution >= 4 is 29.7 Å². The first-order chi connectivity index (χ1) is 20.1. The zero-order valence-electron chi connectivity index (χ0n) is 24.9. The predicted molar refractivity (Wildman–Crippen MR) is 163 cm³/mol. The van der Waals surface area contributed by atoms with E-state index in [9.17, 15) is 19.5 Å². The van der Waals surface area contributed by atoms with E-state index in [4.69, 9.17) is 9.47 Å². The van der Waals surface area contributed by atoms with Gasteiger partial charge in [-0.2, -0.15) is 0 Å². The third kappa shape index (κ3) is 8.05. The lowest BCUT2D eigenvalue weighted by molar-refractivity contribution is -0.147. The molecule has 2 aromatic carbocycles. The molecular formula is C32H43N3O6S. The van der Waals surface area contributed by atoms with Crippen LogP contribution in [0.4, 0.5) is 4.79 Å². The van der Waals surface area contributed by atoms with Crippen LogP contribution in [0.1, 0.15) is 56.2 Å². The lowest BCUT2D eigenvalue weighted by Crippen LogP contribution is -2.58. The number of carbonyl (C=O) groups is 3. The van der Waals surface area contributed by atoms with E-state index in [2.05, 4.69) is 10.6 Å². The van der Waals surface area contributed by atoms with E-state index >= 15 is 0 Å². The molecule has 3 N–H and O–H groups in total. The molecule has 0 unspecified atom stereocenters.